The zero-order chi connectivity index (χ0) is 20.9. The Kier molecular flexibility index (Phi) is 8.02. The van der Waals surface area contributed by atoms with Crippen molar-refractivity contribution in [1.29, 1.82) is 0 Å². The van der Waals surface area contributed by atoms with Crippen molar-refractivity contribution >= 4 is 5.96 Å². The SMILES string of the molecule is CCNC(=NCC1CCCOC1C(C)(C)C)N1CCN(C(C)C(F)(F)F)CC1. The van der Waals surface area contributed by atoms with Gasteiger partial charge in [-0.1, -0.05) is 20.8 Å². The minimum Gasteiger partial charge on any atom is -0.377 e. The van der Waals surface area contributed by atoms with Crippen LogP contribution in [0.2, 0.25) is 0 Å². The molecule has 0 spiro atoms. The number of rotatable bonds is 4. The van der Waals surface area contributed by atoms with E-state index in [2.05, 4.69) is 31.0 Å². The van der Waals surface area contributed by atoms with Crippen LogP contribution in [0.25, 0.3) is 0 Å². The Hall–Kier alpha value is -1.02. The summed E-state index contributed by atoms with van der Waals surface area (Å²) in [6.45, 7) is 14.0. The number of ether oxygens (including phenoxy) is 1. The summed E-state index contributed by atoms with van der Waals surface area (Å²) < 4.78 is 44.9. The summed E-state index contributed by atoms with van der Waals surface area (Å²) >= 11 is 0. The van der Waals surface area contributed by atoms with Crippen molar-refractivity contribution in [2.75, 3.05) is 45.9 Å². The molecule has 2 saturated heterocycles. The van der Waals surface area contributed by atoms with Gasteiger partial charge in [0.1, 0.15) is 6.04 Å². The molecule has 0 aromatic heterocycles. The van der Waals surface area contributed by atoms with Crippen LogP contribution in [0.3, 0.4) is 0 Å². The highest BCUT2D eigenvalue weighted by Crippen LogP contribution is 2.34. The van der Waals surface area contributed by atoms with Gasteiger partial charge in [-0.2, -0.15) is 13.2 Å². The van der Waals surface area contributed by atoms with Gasteiger partial charge in [-0.15, -0.1) is 0 Å². The molecule has 2 heterocycles. The monoisotopic (exact) mass is 406 g/mol. The Bertz CT molecular complexity index is 511. The minimum absolute atomic E-state index is 0.0678. The first-order chi connectivity index (χ1) is 13.0. The second-order valence-electron chi connectivity index (χ2n) is 8.99. The fraction of sp³-hybridized carbons (Fsp3) is 0.950. The molecule has 3 unspecified atom stereocenters. The van der Waals surface area contributed by atoms with Crippen LogP contribution in [-0.4, -0.2) is 80.0 Å². The number of alkyl halides is 3. The van der Waals surface area contributed by atoms with Crippen LogP contribution < -0.4 is 5.32 Å². The van der Waals surface area contributed by atoms with E-state index in [9.17, 15) is 13.2 Å². The highest BCUT2D eigenvalue weighted by atomic mass is 19.4. The first-order valence-corrected chi connectivity index (χ1v) is 10.5. The quantitative estimate of drug-likeness (QED) is 0.574. The molecule has 8 heteroatoms. The predicted octanol–water partition coefficient (Wildman–Crippen LogP) is 3.36. The van der Waals surface area contributed by atoms with Crippen molar-refractivity contribution in [1.82, 2.24) is 15.1 Å². The van der Waals surface area contributed by atoms with E-state index in [-0.39, 0.29) is 11.5 Å². The second-order valence-corrected chi connectivity index (χ2v) is 8.99. The molecule has 0 saturated carbocycles. The van der Waals surface area contributed by atoms with Crippen LogP contribution >= 0.6 is 0 Å². The van der Waals surface area contributed by atoms with E-state index in [1.165, 1.54) is 11.8 Å². The van der Waals surface area contributed by atoms with E-state index in [1.807, 2.05) is 6.92 Å². The summed E-state index contributed by atoms with van der Waals surface area (Å²) in [6, 6.07) is -1.40. The Labute approximate surface area is 167 Å². The van der Waals surface area contributed by atoms with Crippen molar-refractivity contribution in [3.8, 4) is 0 Å². The van der Waals surface area contributed by atoms with Gasteiger partial charge in [-0.25, -0.2) is 0 Å². The topological polar surface area (TPSA) is 40.1 Å². The average Bonchev–Trinajstić information content (AvgIpc) is 2.63. The number of piperazine rings is 1. The summed E-state index contributed by atoms with van der Waals surface area (Å²) in [5, 5.41) is 3.31. The summed E-state index contributed by atoms with van der Waals surface area (Å²) in [7, 11) is 0. The third-order valence-corrected chi connectivity index (χ3v) is 5.74. The maximum Gasteiger partial charge on any atom is 0.403 e. The lowest BCUT2D eigenvalue weighted by molar-refractivity contribution is -0.181. The van der Waals surface area contributed by atoms with Gasteiger partial charge < -0.3 is 15.0 Å². The summed E-state index contributed by atoms with van der Waals surface area (Å²) in [5.41, 5.74) is 0.0678. The van der Waals surface area contributed by atoms with E-state index in [4.69, 9.17) is 9.73 Å². The van der Waals surface area contributed by atoms with Crippen LogP contribution in [-0.2, 0) is 4.74 Å². The first-order valence-electron chi connectivity index (χ1n) is 10.5. The van der Waals surface area contributed by atoms with Crippen LogP contribution in [0.1, 0.15) is 47.5 Å². The van der Waals surface area contributed by atoms with Gasteiger partial charge in [0, 0.05) is 51.8 Å². The molecule has 0 aromatic rings. The third-order valence-electron chi connectivity index (χ3n) is 5.74. The second kappa shape index (κ2) is 9.65. The van der Waals surface area contributed by atoms with Gasteiger partial charge in [-0.05, 0) is 32.1 Å². The smallest absolute Gasteiger partial charge is 0.377 e. The van der Waals surface area contributed by atoms with Crippen molar-refractivity contribution < 1.29 is 17.9 Å². The number of guanidine groups is 1. The number of halogens is 3. The highest BCUT2D eigenvalue weighted by Gasteiger charge is 2.41. The number of nitrogens with zero attached hydrogens (tertiary/aromatic N) is 3. The summed E-state index contributed by atoms with van der Waals surface area (Å²) in [5.74, 6) is 1.17. The van der Waals surface area contributed by atoms with Crippen LogP contribution in [0.5, 0.6) is 0 Å². The lowest BCUT2D eigenvalue weighted by atomic mass is 9.78. The van der Waals surface area contributed by atoms with Gasteiger partial charge in [0.05, 0.1) is 6.10 Å². The zero-order valence-electron chi connectivity index (χ0n) is 18.0. The van der Waals surface area contributed by atoms with Gasteiger partial charge in [-0.3, -0.25) is 9.89 Å². The molecule has 1 N–H and O–H groups in total. The van der Waals surface area contributed by atoms with Gasteiger partial charge in [0.2, 0.25) is 0 Å². The van der Waals surface area contributed by atoms with E-state index in [0.717, 1.165) is 32.0 Å². The minimum atomic E-state index is -4.18. The summed E-state index contributed by atoms with van der Waals surface area (Å²) in [4.78, 5) is 8.44. The van der Waals surface area contributed by atoms with Crippen molar-refractivity contribution in [2.24, 2.45) is 16.3 Å². The van der Waals surface area contributed by atoms with Crippen molar-refractivity contribution in [3.63, 3.8) is 0 Å². The molecular weight excluding hydrogens is 369 g/mol. The van der Waals surface area contributed by atoms with E-state index >= 15 is 0 Å². The Morgan fingerprint density at radius 3 is 2.36 bits per heavy atom. The van der Waals surface area contributed by atoms with Crippen molar-refractivity contribution in [2.45, 2.75) is 65.8 Å². The Morgan fingerprint density at radius 2 is 1.82 bits per heavy atom. The lowest BCUT2D eigenvalue weighted by Crippen LogP contribution is -2.56. The fourth-order valence-corrected chi connectivity index (χ4v) is 4.14. The number of nitrogens with one attached hydrogen (secondary N) is 1. The predicted molar refractivity (Wildman–Crippen MR) is 107 cm³/mol. The molecule has 0 bridgehead atoms. The molecule has 2 rings (SSSR count). The summed E-state index contributed by atoms with van der Waals surface area (Å²) in [6.07, 6.45) is -1.85. The Morgan fingerprint density at radius 1 is 1.18 bits per heavy atom. The standard InChI is InChI=1S/C20H37F3N4O/c1-6-24-18(25-14-16-8-7-13-28-17(16)19(3,4)5)27-11-9-26(10-12-27)15(2)20(21,22)23/h15-17H,6-14H2,1-5H3,(H,24,25). The molecule has 3 atom stereocenters. The third kappa shape index (κ3) is 6.24. The molecule has 28 heavy (non-hydrogen) atoms. The molecule has 2 aliphatic rings. The van der Waals surface area contributed by atoms with E-state index < -0.39 is 12.2 Å². The fourth-order valence-electron chi connectivity index (χ4n) is 4.14. The van der Waals surface area contributed by atoms with Gasteiger partial charge in [0.25, 0.3) is 0 Å². The highest BCUT2D eigenvalue weighted by molar-refractivity contribution is 5.80. The molecular formula is C20H37F3N4O. The van der Waals surface area contributed by atoms with Crippen LogP contribution in [0, 0.1) is 11.3 Å². The zero-order valence-corrected chi connectivity index (χ0v) is 18.0. The van der Waals surface area contributed by atoms with E-state index in [1.54, 1.807) is 0 Å². The number of hydrogen-bond donors (Lipinski definition) is 1. The van der Waals surface area contributed by atoms with Gasteiger partial charge in [0.15, 0.2) is 5.96 Å². The average molecular weight is 407 g/mol. The molecule has 2 fully saturated rings. The Balaban J connectivity index is 1.99. The first kappa shape index (κ1) is 23.3. The molecule has 0 aliphatic carbocycles. The molecule has 0 amide bonds. The molecule has 5 nitrogen and oxygen atoms in total. The van der Waals surface area contributed by atoms with Crippen LogP contribution in [0.4, 0.5) is 13.2 Å². The largest absolute Gasteiger partial charge is 0.403 e. The normalized spacial score (nSPS) is 27.0. The lowest BCUT2D eigenvalue weighted by Gasteiger charge is -2.41. The van der Waals surface area contributed by atoms with Crippen LogP contribution in [0.15, 0.2) is 4.99 Å². The van der Waals surface area contributed by atoms with Gasteiger partial charge >= 0.3 is 6.18 Å². The number of aliphatic imine (C=N–C) groups is 1. The van der Waals surface area contributed by atoms with E-state index in [0.29, 0.717) is 38.6 Å². The molecule has 0 radical (unpaired) electrons. The molecule has 164 valence electrons. The molecule has 2 aliphatic heterocycles. The molecule has 0 aromatic carbocycles. The number of hydrogen-bond acceptors (Lipinski definition) is 3. The van der Waals surface area contributed by atoms with Crippen molar-refractivity contribution in [3.05, 3.63) is 0 Å². The maximum atomic E-state index is 13.0. The maximum absolute atomic E-state index is 13.0.